The fraction of sp³-hybridized carbons (Fsp3) is 0.538. The van der Waals surface area contributed by atoms with Gasteiger partial charge >= 0.3 is 0 Å². The van der Waals surface area contributed by atoms with E-state index in [1.165, 1.54) is 0 Å². The summed E-state index contributed by atoms with van der Waals surface area (Å²) in [5, 5.41) is 3.33. The van der Waals surface area contributed by atoms with E-state index in [-0.39, 0.29) is 6.04 Å². The van der Waals surface area contributed by atoms with E-state index < -0.39 is 0 Å². The van der Waals surface area contributed by atoms with Crippen LogP contribution in [0.3, 0.4) is 0 Å². The molecule has 0 saturated carbocycles. The highest BCUT2D eigenvalue weighted by molar-refractivity contribution is 7.98. The van der Waals surface area contributed by atoms with Crippen molar-refractivity contribution in [2.45, 2.75) is 12.5 Å². The molecule has 1 unspecified atom stereocenters. The molecule has 0 bridgehead atoms. The van der Waals surface area contributed by atoms with Crippen molar-refractivity contribution < 1.29 is 9.47 Å². The number of nitrogens with one attached hydrogen (secondary N) is 1. The highest BCUT2D eigenvalue weighted by Gasteiger charge is 2.18. The smallest absolute Gasteiger partial charge is 0.127 e. The van der Waals surface area contributed by atoms with Gasteiger partial charge in [0.2, 0.25) is 0 Å². The summed E-state index contributed by atoms with van der Waals surface area (Å²) in [4.78, 5) is 0. The molecule has 1 rings (SSSR count). The van der Waals surface area contributed by atoms with Crippen LogP contribution in [0.2, 0.25) is 0 Å². The van der Waals surface area contributed by atoms with Crippen molar-refractivity contribution in [2.75, 3.05) is 33.3 Å². The molecule has 96 valence electrons. The van der Waals surface area contributed by atoms with Crippen LogP contribution < -0.4 is 14.8 Å². The van der Waals surface area contributed by atoms with Crippen LogP contribution in [0, 0.1) is 0 Å². The number of thioether (sulfide) groups is 1. The number of hydrogen-bond donors (Lipinski definition) is 1. The monoisotopic (exact) mass is 255 g/mol. The van der Waals surface area contributed by atoms with Gasteiger partial charge < -0.3 is 14.8 Å². The maximum atomic E-state index is 5.42. The van der Waals surface area contributed by atoms with E-state index in [1.54, 1.807) is 14.2 Å². The quantitative estimate of drug-likeness (QED) is 0.811. The molecule has 0 aliphatic heterocycles. The second-order valence-electron chi connectivity index (χ2n) is 3.70. The molecule has 0 aromatic heterocycles. The van der Waals surface area contributed by atoms with Gasteiger partial charge in [-0.05, 0) is 37.6 Å². The summed E-state index contributed by atoms with van der Waals surface area (Å²) in [5.74, 6) is 2.86. The third-order valence-corrected chi connectivity index (χ3v) is 3.42. The molecule has 0 radical (unpaired) electrons. The van der Waals surface area contributed by atoms with E-state index in [9.17, 15) is 0 Å². The van der Waals surface area contributed by atoms with Crippen LogP contribution in [0.15, 0.2) is 18.2 Å². The average Bonchev–Trinajstić information content (AvgIpc) is 2.39. The third kappa shape index (κ3) is 3.54. The van der Waals surface area contributed by atoms with E-state index in [4.69, 9.17) is 9.47 Å². The van der Waals surface area contributed by atoms with Gasteiger partial charge in [0.25, 0.3) is 0 Å². The summed E-state index contributed by atoms with van der Waals surface area (Å²) >= 11 is 1.85. The van der Waals surface area contributed by atoms with E-state index in [1.807, 2.05) is 37.0 Å². The molecule has 1 N–H and O–H groups in total. The molecule has 0 saturated heterocycles. The lowest BCUT2D eigenvalue weighted by Crippen LogP contribution is -2.18. The first-order chi connectivity index (χ1) is 8.28. The molecule has 1 aromatic carbocycles. The Morgan fingerprint density at radius 2 is 1.82 bits per heavy atom. The summed E-state index contributed by atoms with van der Waals surface area (Å²) in [6.07, 6.45) is 3.17. The Labute approximate surface area is 108 Å². The van der Waals surface area contributed by atoms with Gasteiger partial charge in [-0.15, -0.1) is 0 Å². The summed E-state index contributed by atoms with van der Waals surface area (Å²) in [6, 6.07) is 6.15. The fourth-order valence-corrected chi connectivity index (χ4v) is 2.36. The van der Waals surface area contributed by atoms with Crippen LogP contribution in [0.25, 0.3) is 0 Å². The second kappa shape index (κ2) is 7.45. The van der Waals surface area contributed by atoms with E-state index in [2.05, 4.69) is 11.6 Å². The van der Waals surface area contributed by atoms with E-state index >= 15 is 0 Å². The Balaban J connectivity index is 3.05. The molecule has 0 aliphatic carbocycles. The first-order valence-corrected chi connectivity index (χ1v) is 7.05. The third-order valence-electron chi connectivity index (χ3n) is 2.77. The standard InChI is InChI=1S/C13H21NO2S/c1-14-10(8-9-17-4)13-11(15-2)6-5-7-12(13)16-3/h5-7,10,14H,8-9H2,1-4H3. The minimum absolute atomic E-state index is 0.258. The largest absolute Gasteiger partial charge is 0.496 e. The molecule has 4 heteroatoms. The number of benzene rings is 1. The Morgan fingerprint density at radius 1 is 1.24 bits per heavy atom. The van der Waals surface area contributed by atoms with Crippen LogP contribution in [0.4, 0.5) is 0 Å². The normalized spacial score (nSPS) is 12.2. The number of methoxy groups -OCH3 is 2. The molecule has 0 fully saturated rings. The summed E-state index contributed by atoms with van der Waals surface area (Å²) in [6.45, 7) is 0. The molecule has 0 spiro atoms. The van der Waals surface area contributed by atoms with Gasteiger partial charge in [0.15, 0.2) is 0 Å². The number of rotatable bonds is 7. The SMILES string of the molecule is CNC(CCSC)c1c(OC)cccc1OC. The van der Waals surface area contributed by atoms with Crippen LogP contribution in [0.1, 0.15) is 18.0 Å². The lowest BCUT2D eigenvalue weighted by Gasteiger charge is -2.21. The first kappa shape index (κ1) is 14.2. The van der Waals surface area contributed by atoms with Crippen LogP contribution in [-0.4, -0.2) is 33.3 Å². The van der Waals surface area contributed by atoms with Crippen molar-refractivity contribution in [3.05, 3.63) is 23.8 Å². The van der Waals surface area contributed by atoms with Gasteiger partial charge in [-0.25, -0.2) is 0 Å². The minimum Gasteiger partial charge on any atom is -0.496 e. The zero-order valence-corrected chi connectivity index (χ0v) is 11.8. The average molecular weight is 255 g/mol. The Hall–Kier alpha value is -0.870. The van der Waals surface area contributed by atoms with Crippen molar-refractivity contribution in [2.24, 2.45) is 0 Å². The summed E-state index contributed by atoms with van der Waals surface area (Å²) in [5.41, 5.74) is 1.11. The van der Waals surface area contributed by atoms with Crippen LogP contribution in [-0.2, 0) is 0 Å². The minimum atomic E-state index is 0.258. The molecule has 17 heavy (non-hydrogen) atoms. The highest BCUT2D eigenvalue weighted by Crippen LogP contribution is 2.35. The second-order valence-corrected chi connectivity index (χ2v) is 4.68. The van der Waals surface area contributed by atoms with Crippen LogP contribution >= 0.6 is 11.8 Å². The molecular weight excluding hydrogens is 234 g/mol. The van der Waals surface area contributed by atoms with Gasteiger partial charge in [0, 0.05) is 6.04 Å². The Morgan fingerprint density at radius 3 is 2.24 bits per heavy atom. The van der Waals surface area contributed by atoms with Crippen molar-refractivity contribution in [3.63, 3.8) is 0 Å². The zero-order valence-electron chi connectivity index (χ0n) is 10.9. The molecule has 3 nitrogen and oxygen atoms in total. The maximum absolute atomic E-state index is 5.42. The predicted molar refractivity (Wildman–Crippen MR) is 74.3 cm³/mol. The topological polar surface area (TPSA) is 30.5 Å². The molecule has 1 aromatic rings. The van der Waals surface area contributed by atoms with Gasteiger partial charge in [-0.3, -0.25) is 0 Å². The van der Waals surface area contributed by atoms with Crippen LogP contribution in [0.5, 0.6) is 11.5 Å². The van der Waals surface area contributed by atoms with Crippen molar-refractivity contribution in [1.82, 2.24) is 5.32 Å². The van der Waals surface area contributed by atoms with Gasteiger partial charge in [0.05, 0.1) is 19.8 Å². The molecule has 0 heterocycles. The Kier molecular flexibility index (Phi) is 6.22. The number of ether oxygens (including phenoxy) is 2. The van der Waals surface area contributed by atoms with Gasteiger partial charge in [0.1, 0.15) is 11.5 Å². The molecule has 0 amide bonds. The molecule has 0 aliphatic rings. The zero-order chi connectivity index (χ0) is 12.7. The van der Waals surface area contributed by atoms with E-state index in [0.717, 1.165) is 29.2 Å². The van der Waals surface area contributed by atoms with Crippen molar-refractivity contribution in [3.8, 4) is 11.5 Å². The lowest BCUT2D eigenvalue weighted by molar-refractivity contribution is 0.372. The first-order valence-electron chi connectivity index (χ1n) is 5.65. The number of hydrogen-bond acceptors (Lipinski definition) is 4. The maximum Gasteiger partial charge on any atom is 0.127 e. The highest BCUT2D eigenvalue weighted by atomic mass is 32.2. The van der Waals surface area contributed by atoms with Crippen molar-refractivity contribution >= 4 is 11.8 Å². The van der Waals surface area contributed by atoms with Gasteiger partial charge in [-0.1, -0.05) is 6.07 Å². The summed E-state index contributed by atoms with van der Waals surface area (Å²) < 4.78 is 10.8. The Bertz CT molecular complexity index is 322. The predicted octanol–water partition coefficient (Wildman–Crippen LogP) is 2.72. The van der Waals surface area contributed by atoms with Gasteiger partial charge in [-0.2, -0.15) is 11.8 Å². The molecular formula is C13H21NO2S. The lowest BCUT2D eigenvalue weighted by atomic mass is 10.0. The molecule has 1 atom stereocenters. The summed E-state index contributed by atoms with van der Waals surface area (Å²) in [7, 11) is 5.36. The van der Waals surface area contributed by atoms with E-state index in [0.29, 0.717) is 0 Å². The van der Waals surface area contributed by atoms with Crippen molar-refractivity contribution in [1.29, 1.82) is 0 Å². The fourth-order valence-electron chi connectivity index (χ4n) is 1.89.